The predicted molar refractivity (Wildman–Crippen MR) is 73.5 cm³/mol. The number of unbranched alkanes of at least 4 members (excludes halogenated alkanes) is 1. The second-order valence-electron chi connectivity index (χ2n) is 3.63. The van der Waals surface area contributed by atoms with Crippen molar-refractivity contribution in [1.82, 2.24) is 0 Å². The lowest BCUT2D eigenvalue weighted by molar-refractivity contribution is 0.896. The molecule has 4 heteroatoms. The molecule has 0 bridgehead atoms. The van der Waals surface area contributed by atoms with Crippen molar-refractivity contribution in [3.05, 3.63) is 34.3 Å². The number of benzene rings is 1. The minimum atomic E-state index is 0.0621. The van der Waals surface area contributed by atoms with Gasteiger partial charge in [-0.05, 0) is 23.8 Å². The molecule has 0 fully saturated rings. The van der Waals surface area contributed by atoms with E-state index in [-0.39, 0.29) is 5.84 Å². The van der Waals surface area contributed by atoms with Crippen molar-refractivity contribution < 1.29 is 0 Å². The van der Waals surface area contributed by atoms with Gasteiger partial charge in [0.25, 0.3) is 0 Å². The summed E-state index contributed by atoms with van der Waals surface area (Å²) in [7, 11) is 0. The van der Waals surface area contributed by atoms with Crippen LogP contribution in [0.3, 0.4) is 0 Å². The van der Waals surface area contributed by atoms with E-state index in [4.69, 9.17) is 22.7 Å². The molecule has 2 nitrogen and oxygen atoms in total. The Morgan fingerprint density at radius 1 is 1.50 bits per heavy atom. The van der Waals surface area contributed by atoms with Crippen molar-refractivity contribution in [2.75, 3.05) is 5.75 Å². The number of hydrogen-bond donors (Lipinski definition) is 2. The lowest BCUT2D eigenvalue weighted by Gasteiger charge is -2.06. The number of halogens is 1. The number of rotatable bonds is 6. The minimum absolute atomic E-state index is 0.0621. The average Bonchev–Trinajstić information content (AvgIpc) is 2.26. The van der Waals surface area contributed by atoms with Crippen LogP contribution in [-0.2, 0) is 5.75 Å². The Hall–Kier alpha value is -0.670. The summed E-state index contributed by atoms with van der Waals surface area (Å²) in [5.41, 5.74) is 7.20. The number of nitrogens with one attached hydrogen (secondary N) is 1. The molecule has 0 unspecified atom stereocenters. The van der Waals surface area contributed by atoms with Crippen molar-refractivity contribution in [2.24, 2.45) is 5.73 Å². The van der Waals surface area contributed by atoms with Crippen molar-refractivity contribution >= 4 is 29.2 Å². The van der Waals surface area contributed by atoms with E-state index in [0.29, 0.717) is 10.6 Å². The lowest BCUT2D eigenvalue weighted by Crippen LogP contribution is -2.10. The third-order valence-corrected chi connectivity index (χ3v) is 3.71. The van der Waals surface area contributed by atoms with Gasteiger partial charge < -0.3 is 5.73 Å². The van der Waals surface area contributed by atoms with E-state index in [9.17, 15) is 0 Å². The number of thioether (sulfide) groups is 1. The maximum atomic E-state index is 7.31. The molecule has 0 atom stereocenters. The Labute approximate surface area is 106 Å². The third kappa shape index (κ3) is 4.06. The van der Waals surface area contributed by atoms with Gasteiger partial charge >= 0.3 is 0 Å². The largest absolute Gasteiger partial charge is 0.384 e. The van der Waals surface area contributed by atoms with Gasteiger partial charge in [0.15, 0.2) is 0 Å². The van der Waals surface area contributed by atoms with Crippen LogP contribution in [-0.4, -0.2) is 11.6 Å². The Bertz CT molecular complexity index is 366. The first-order valence-electron chi connectivity index (χ1n) is 5.35. The molecule has 0 saturated carbocycles. The molecule has 0 aromatic heterocycles. The first-order valence-corrected chi connectivity index (χ1v) is 6.89. The first kappa shape index (κ1) is 13.4. The normalized spacial score (nSPS) is 10.4. The maximum absolute atomic E-state index is 7.31. The molecule has 0 saturated heterocycles. The van der Waals surface area contributed by atoms with Gasteiger partial charge in [-0.25, -0.2) is 0 Å². The van der Waals surface area contributed by atoms with Crippen molar-refractivity contribution in [2.45, 2.75) is 25.5 Å². The van der Waals surface area contributed by atoms with E-state index in [1.54, 1.807) is 6.07 Å². The molecular formula is C12H17ClN2S. The number of nitrogens with two attached hydrogens (primary N) is 1. The van der Waals surface area contributed by atoms with Gasteiger partial charge in [-0.15, -0.1) is 0 Å². The summed E-state index contributed by atoms with van der Waals surface area (Å²) in [5.74, 6) is 2.16. The van der Waals surface area contributed by atoms with E-state index in [1.165, 1.54) is 18.6 Å². The zero-order valence-corrected chi connectivity index (χ0v) is 11.0. The second-order valence-corrected chi connectivity index (χ2v) is 5.14. The highest BCUT2D eigenvalue weighted by Gasteiger charge is 2.03. The smallest absolute Gasteiger partial charge is 0.122 e. The highest BCUT2D eigenvalue weighted by atomic mass is 35.5. The Morgan fingerprint density at radius 3 is 2.81 bits per heavy atom. The monoisotopic (exact) mass is 256 g/mol. The summed E-state index contributed by atoms with van der Waals surface area (Å²) < 4.78 is 0. The summed E-state index contributed by atoms with van der Waals surface area (Å²) in [6, 6.07) is 5.57. The molecule has 0 amide bonds. The molecule has 3 N–H and O–H groups in total. The predicted octanol–water partition coefficient (Wildman–Crippen LogP) is 3.66. The van der Waals surface area contributed by atoms with E-state index < -0.39 is 0 Å². The standard InChI is InChI=1S/C12H17ClN2S/c1-2-3-6-16-8-10-5-4-9(12(14)15)7-11(10)13/h4-5,7H,2-3,6,8H2,1H3,(H3,14,15). The highest BCUT2D eigenvalue weighted by molar-refractivity contribution is 7.98. The molecule has 0 aliphatic heterocycles. The molecule has 0 radical (unpaired) electrons. The number of hydrogen-bond acceptors (Lipinski definition) is 2. The molecule has 0 aliphatic carbocycles. The van der Waals surface area contributed by atoms with Crippen molar-refractivity contribution in [3.8, 4) is 0 Å². The van der Waals surface area contributed by atoms with Crippen LogP contribution in [0, 0.1) is 5.41 Å². The highest BCUT2D eigenvalue weighted by Crippen LogP contribution is 2.23. The van der Waals surface area contributed by atoms with Crippen molar-refractivity contribution in [3.63, 3.8) is 0 Å². The van der Waals surface area contributed by atoms with Crippen LogP contribution in [0.4, 0.5) is 0 Å². The van der Waals surface area contributed by atoms with Gasteiger partial charge in [-0.2, -0.15) is 11.8 Å². The maximum Gasteiger partial charge on any atom is 0.122 e. The summed E-state index contributed by atoms with van der Waals surface area (Å²) in [5, 5.41) is 8.01. The topological polar surface area (TPSA) is 49.9 Å². The molecular weight excluding hydrogens is 240 g/mol. The Morgan fingerprint density at radius 2 is 2.25 bits per heavy atom. The SMILES string of the molecule is CCCCSCc1ccc(C(=N)N)cc1Cl. The van der Waals surface area contributed by atoms with Crippen LogP contribution in [0.15, 0.2) is 18.2 Å². The molecule has 16 heavy (non-hydrogen) atoms. The van der Waals surface area contributed by atoms with Crippen molar-refractivity contribution in [1.29, 1.82) is 5.41 Å². The summed E-state index contributed by atoms with van der Waals surface area (Å²) in [4.78, 5) is 0. The molecule has 0 aliphatic rings. The molecule has 0 spiro atoms. The van der Waals surface area contributed by atoms with Crippen LogP contribution >= 0.6 is 23.4 Å². The molecule has 88 valence electrons. The number of amidine groups is 1. The molecule has 1 aromatic rings. The van der Waals surface area contributed by atoms with E-state index >= 15 is 0 Å². The lowest BCUT2D eigenvalue weighted by atomic mass is 10.1. The zero-order valence-electron chi connectivity index (χ0n) is 9.42. The fourth-order valence-corrected chi connectivity index (χ4v) is 2.70. The summed E-state index contributed by atoms with van der Waals surface area (Å²) >= 11 is 8.01. The number of nitrogen functional groups attached to an aromatic ring is 1. The van der Waals surface area contributed by atoms with Gasteiger partial charge in [0.2, 0.25) is 0 Å². The molecule has 1 aromatic carbocycles. The van der Waals surface area contributed by atoms with Gasteiger partial charge in [0.05, 0.1) is 0 Å². The average molecular weight is 257 g/mol. The summed E-state index contributed by atoms with van der Waals surface area (Å²) in [6.07, 6.45) is 2.47. The molecule has 1 rings (SSSR count). The van der Waals surface area contributed by atoms with E-state index in [1.807, 2.05) is 23.9 Å². The van der Waals surface area contributed by atoms with Gasteiger partial charge in [-0.1, -0.05) is 37.1 Å². The second kappa shape index (κ2) is 6.81. The van der Waals surface area contributed by atoms with Crippen LogP contribution in [0.25, 0.3) is 0 Å². The van der Waals surface area contributed by atoms with Crippen LogP contribution in [0.1, 0.15) is 30.9 Å². The van der Waals surface area contributed by atoms with E-state index in [2.05, 4.69) is 6.92 Å². The minimum Gasteiger partial charge on any atom is -0.384 e. The van der Waals surface area contributed by atoms with Gasteiger partial charge in [0, 0.05) is 16.3 Å². The fourth-order valence-electron chi connectivity index (χ4n) is 1.26. The zero-order chi connectivity index (χ0) is 12.0. The van der Waals surface area contributed by atoms with Crippen LogP contribution < -0.4 is 5.73 Å². The quantitative estimate of drug-likeness (QED) is 0.464. The fraction of sp³-hybridized carbons (Fsp3) is 0.417. The van der Waals surface area contributed by atoms with Gasteiger partial charge in [-0.3, -0.25) is 5.41 Å². The molecule has 0 heterocycles. The Kier molecular flexibility index (Phi) is 5.71. The third-order valence-electron chi connectivity index (χ3n) is 2.26. The van der Waals surface area contributed by atoms with Crippen LogP contribution in [0.2, 0.25) is 5.02 Å². The van der Waals surface area contributed by atoms with Gasteiger partial charge in [0.1, 0.15) is 5.84 Å². The summed E-state index contributed by atoms with van der Waals surface area (Å²) in [6.45, 7) is 2.19. The first-order chi connectivity index (χ1) is 7.65. The Balaban J connectivity index is 2.57. The van der Waals surface area contributed by atoms with E-state index in [0.717, 1.165) is 11.3 Å². The van der Waals surface area contributed by atoms with Crippen LogP contribution in [0.5, 0.6) is 0 Å².